The molecule has 2 rings (SSSR count). The van der Waals surface area contributed by atoms with Gasteiger partial charge in [-0.1, -0.05) is 0 Å². The summed E-state index contributed by atoms with van der Waals surface area (Å²) >= 11 is 3.51. The van der Waals surface area contributed by atoms with Crippen LogP contribution < -0.4 is 11.1 Å². The van der Waals surface area contributed by atoms with Crippen molar-refractivity contribution in [2.24, 2.45) is 5.73 Å². The minimum Gasteiger partial charge on any atom is -0.350 e. The lowest BCUT2D eigenvalue weighted by Crippen LogP contribution is -2.45. The number of aryl methyl sites for hydroxylation is 1. The van der Waals surface area contributed by atoms with Crippen LogP contribution >= 0.6 is 15.9 Å². The summed E-state index contributed by atoms with van der Waals surface area (Å²) in [5, 5.41) is 7.30. The molecule has 0 spiro atoms. The third-order valence-electron chi connectivity index (χ3n) is 3.28. The summed E-state index contributed by atoms with van der Waals surface area (Å²) in [6.45, 7) is 8.12. The summed E-state index contributed by atoms with van der Waals surface area (Å²) in [4.78, 5) is 12.1. The number of rotatable bonds is 4. The summed E-state index contributed by atoms with van der Waals surface area (Å²) in [6, 6.07) is 7.35. The van der Waals surface area contributed by atoms with E-state index in [0.717, 1.165) is 21.5 Å². The average molecular weight is 365 g/mol. The maximum Gasteiger partial charge on any atom is 0.251 e. The van der Waals surface area contributed by atoms with Crippen LogP contribution in [0, 0.1) is 13.8 Å². The predicted molar refractivity (Wildman–Crippen MR) is 91.3 cm³/mol. The Balaban J connectivity index is 2.16. The number of aromatic nitrogens is 2. The summed E-state index contributed by atoms with van der Waals surface area (Å²) in [6.07, 6.45) is 0. The number of hydrogen-bond donors (Lipinski definition) is 2. The maximum absolute atomic E-state index is 12.1. The lowest BCUT2D eigenvalue weighted by molar-refractivity contribution is 0.0946. The first-order chi connectivity index (χ1) is 10.2. The van der Waals surface area contributed by atoms with E-state index in [2.05, 4.69) is 26.3 Å². The normalized spacial score (nSPS) is 11.5. The standard InChI is InChI=1S/C16H21BrN4O/c1-10-14(17)11(2)21(20-10)13-7-5-12(6-8-13)15(22)19-9-16(3,4)18/h5-8H,9,18H2,1-4H3,(H,19,22). The first kappa shape index (κ1) is 16.7. The van der Waals surface area contributed by atoms with Gasteiger partial charge in [-0.15, -0.1) is 0 Å². The van der Waals surface area contributed by atoms with Crippen LogP contribution in [0.2, 0.25) is 0 Å². The van der Waals surface area contributed by atoms with Crippen LogP contribution in [0.25, 0.3) is 5.69 Å². The van der Waals surface area contributed by atoms with E-state index in [0.29, 0.717) is 12.1 Å². The number of amides is 1. The Morgan fingerprint density at radius 3 is 2.36 bits per heavy atom. The Labute approximate surface area is 139 Å². The second kappa shape index (κ2) is 6.22. The fourth-order valence-corrected chi connectivity index (χ4v) is 2.29. The highest BCUT2D eigenvalue weighted by atomic mass is 79.9. The molecule has 1 aromatic carbocycles. The smallest absolute Gasteiger partial charge is 0.251 e. The van der Waals surface area contributed by atoms with Gasteiger partial charge in [0.2, 0.25) is 0 Å². The van der Waals surface area contributed by atoms with Crippen molar-refractivity contribution >= 4 is 21.8 Å². The molecular formula is C16H21BrN4O. The van der Waals surface area contributed by atoms with Crippen molar-refractivity contribution in [3.05, 3.63) is 45.7 Å². The molecule has 0 fully saturated rings. The van der Waals surface area contributed by atoms with Gasteiger partial charge in [-0.05, 0) is 67.9 Å². The van der Waals surface area contributed by atoms with E-state index in [1.165, 1.54) is 0 Å². The number of halogens is 1. The lowest BCUT2D eigenvalue weighted by Gasteiger charge is -2.18. The molecule has 22 heavy (non-hydrogen) atoms. The third kappa shape index (κ3) is 3.75. The summed E-state index contributed by atoms with van der Waals surface area (Å²) in [5.74, 6) is -0.125. The van der Waals surface area contributed by atoms with E-state index in [1.807, 2.05) is 44.5 Å². The average Bonchev–Trinajstić information content (AvgIpc) is 2.72. The van der Waals surface area contributed by atoms with Crippen LogP contribution in [0.3, 0.4) is 0 Å². The highest BCUT2D eigenvalue weighted by Crippen LogP contribution is 2.23. The Kier molecular flexibility index (Phi) is 4.72. The van der Waals surface area contributed by atoms with E-state index in [9.17, 15) is 4.79 Å². The van der Waals surface area contributed by atoms with Gasteiger partial charge in [-0.2, -0.15) is 5.10 Å². The van der Waals surface area contributed by atoms with E-state index in [4.69, 9.17) is 5.73 Å². The quantitative estimate of drug-likeness (QED) is 0.875. The molecule has 1 heterocycles. The zero-order chi connectivity index (χ0) is 16.5. The van der Waals surface area contributed by atoms with Crippen molar-refractivity contribution in [1.82, 2.24) is 15.1 Å². The molecule has 0 aliphatic rings. The predicted octanol–water partition coefficient (Wildman–Crippen LogP) is 2.72. The van der Waals surface area contributed by atoms with Crippen LogP contribution in [-0.2, 0) is 0 Å². The number of benzene rings is 1. The minimum atomic E-state index is -0.425. The number of carbonyl (C=O) groups excluding carboxylic acids is 1. The van der Waals surface area contributed by atoms with Crippen LogP contribution in [0.15, 0.2) is 28.7 Å². The Hall–Kier alpha value is -1.66. The van der Waals surface area contributed by atoms with Gasteiger partial charge in [-0.3, -0.25) is 4.79 Å². The van der Waals surface area contributed by atoms with Gasteiger partial charge in [0.1, 0.15) is 0 Å². The summed E-state index contributed by atoms with van der Waals surface area (Å²) in [7, 11) is 0. The molecule has 0 bridgehead atoms. The van der Waals surface area contributed by atoms with Crippen LogP contribution in [0.4, 0.5) is 0 Å². The van der Waals surface area contributed by atoms with Crippen molar-refractivity contribution in [3.63, 3.8) is 0 Å². The first-order valence-electron chi connectivity index (χ1n) is 7.08. The minimum absolute atomic E-state index is 0.125. The molecule has 0 aliphatic carbocycles. The molecule has 0 saturated carbocycles. The van der Waals surface area contributed by atoms with Gasteiger partial charge in [0.15, 0.2) is 0 Å². The molecule has 5 nitrogen and oxygen atoms in total. The van der Waals surface area contributed by atoms with Crippen molar-refractivity contribution in [2.45, 2.75) is 33.2 Å². The molecule has 0 aliphatic heterocycles. The Morgan fingerprint density at radius 2 is 1.91 bits per heavy atom. The largest absolute Gasteiger partial charge is 0.350 e. The Morgan fingerprint density at radius 1 is 1.32 bits per heavy atom. The van der Waals surface area contributed by atoms with Gasteiger partial charge in [0.25, 0.3) is 5.91 Å². The van der Waals surface area contributed by atoms with Crippen molar-refractivity contribution in [1.29, 1.82) is 0 Å². The van der Waals surface area contributed by atoms with Gasteiger partial charge >= 0.3 is 0 Å². The molecular weight excluding hydrogens is 344 g/mol. The van der Waals surface area contributed by atoms with Gasteiger partial charge in [-0.25, -0.2) is 4.68 Å². The number of carbonyl (C=O) groups is 1. The molecule has 0 atom stereocenters. The van der Waals surface area contributed by atoms with Crippen LogP contribution in [0.1, 0.15) is 35.6 Å². The fourth-order valence-electron chi connectivity index (χ4n) is 2.04. The Bertz CT molecular complexity index is 683. The number of nitrogens with one attached hydrogen (secondary N) is 1. The van der Waals surface area contributed by atoms with Gasteiger partial charge in [0, 0.05) is 17.6 Å². The molecule has 6 heteroatoms. The van der Waals surface area contributed by atoms with E-state index >= 15 is 0 Å². The van der Waals surface area contributed by atoms with Crippen LogP contribution in [-0.4, -0.2) is 27.8 Å². The second-order valence-electron chi connectivity index (χ2n) is 6.11. The molecule has 1 aromatic heterocycles. The molecule has 0 radical (unpaired) electrons. The summed E-state index contributed by atoms with van der Waals surface area (Å²) in [5.41, 5.74) is 8.93. The number of nitrogens with two attached hydrogens (primary N) is 1. The topological polar surface area (TPSA) is 72.9 Å². The van der Waals surface area contributed by atoms with Gasteiger partial charge < -0.3 is 11.1 Å². The monoisotopic (exact) mass is 364 g/mol. The molecule has 0 saturated heterocycles. The highest BCUT2D eigenvalue weighted by molar-refractivity contribution is 9.10. The van der Waals surface area contributed by atoms with Crippen LogP contribution in [0.5, 0.6) is 0 Å². The molecule has 0 unspecified atom stereocenters. The number of hydrogen-bond acceptors (Lipinski definition) is 3. The maximum atomic E-state index is 12.1. The van der Waals surface area contributed by atoms with E-state index < -0.39 is 5.54 Å². The molecule has 1 amide bonds. The zero-order valence-electron chi connectivity index (χ0n) is 13.3. The molecule has 2 aromatic rings. The second-order valence-corrected chi connectivity index (χ2v) is 6.91. The van der Waals surface area contributed by atoms with E-state index in [-0.39, 0.29) is 5.91 Å². The van der Waals surface area contributed by atoms with Crippen molar-refractivity contribution < 1.29 is 4.79 Å². The lowest BCUT2D eigenvalue weighted by atomic mass is 10.1. The third-order valence-corrected chi connectivity index (χ3v) is 4.43. The van der Waals surface area contributed by atoms with E-state index in [1.54, 1.807) is 12.1 Å². The number of nitrogens with zero attached hydrogens (tertiary/aromatic N) is 2. The first-order valence-corrected chi connectivity index (χ1v) is 7.87. The van der Waals surface area contributed by atoms with Crippen molar-refractivity contribution in [2.75, 3.05) is 6.54 Å². The SMILES string of the molecule is Cc1nn(-c2ccc(C(=O)NCC(C)(C)N)cc2)c(C)c1Br. The molecule has 118 valence electrons. The molecule has 3 N–H and O–H groups in total. The fraction of sp³-hybridized carbons (Fsp3) is 0.375. The summed E-state index contributed by atoms with van der Waals surface area (Å²) < 4.78 is 2.85. The van der Waals surface area contributed by atoms with Crippen molar-refractivity contribution in [3.8, 4) is 5.69 Å². The zero-order valence-corrected chi connectivity index (χ0v) is 14.9. The van der Waals surface area contributed by atoms with Gasteiger partial charge in [0.05, 0.1) is 21.5 Å². The highest BCUT2D eigenvalue weighted by Gasteiger charge is 2.14.